The molecule has 148 valence electrons. The predicted molar refractivity (Wildman–Crippen MR) is 105 cm³/mol. The monoisotopic (exact) mass is 383 g/mol. The summed E-state index contributed by atoms with van der Waals surface area (Å²) < 4.78 is 5.04. The van der Waals surface area contributed by atoms with E-state index in [0.717, 1.165) is 24.2 Å². The molecule has 1 saturated heterocycles. The van der Waals surface area contributed by atoms with Gasteiger partial charge in [0.2, 0.25) is 0 Å². The largest absolute Gasteiger partial charge is 0.450 e. The predicted octanol–water partition coefficient (Wildman–Crippen LogP) is 2.44. The standard InChI is InChI=1S/C20H25N5O3/c1-2-28-20(27)25-11-7-15(8-12-25)24-16-6-10-22-18(13-16)19(26)23-14-17-5-3-4-9-21-17/h3-6,9-10,13,15H,2,7-8,11-12,14H2,1H3,(H,22,24)(H,23,26). The summed E-state index contributed by atoms with van der Waals surface area (Å²) in [7, 11) is 0. The summed E-state index contributed by atoms with van der Waals surface area (Å²) >= 11 is 0. The van der Waals surface area contributed by atoms with Gasteiger partial charge in [-0.15, -0.1) is 0 Å². The lowest BCUT2D eigenvalue weighted by molar-refractivity contribution is 0.0943. The maximum atomic E-state index is 12.4. The molecule has 0 unspecified atom stereocenters. The maximum Gasteiger partial charge on any atom is 0.409 e. The molecule has 28 heavy (non-hydrogen) atoms. The van der Waals surface area contributed by atoms with E-state index >= 15 is 0 Å². The summed E-state index contributed by atoms with van der Waals surface area (Å²) in [5.74, 6) is -0.244. The van der Waals surface area contributed by atoms with E-state index in [1.54, 1.807) is 30.3 Å². The van der Waals surface area contributed by atoms with Gasteiger partial charge in [-0.05, 0) is 44.0 Å². The summed E-state index contributed by atoms with van der Waals surface area (Å²) in [5.41, 5.74) is 1.98. The minimum atomic E-state index is -0.253. The van der Waals surface area contributed by atoms with Crippen molar-refractivity contribution >= 4 is 17.7 Å². The van der Waals surface area contributed by atoms with Crippen molar-refractivity contribution in [3.8, 4) is 0 Å². The molecule has 8 heteroatoms. The number of carbonyl (C=O) groups is 2. The van der Waals surface area contributed by atoms with E-state index in [1.807, 2.05) is 24.3 Å². The van der Waals surface area contributed by atoms with Crippen molar-refractivity contribution in [1.82, 2.24) is 20.2 Å². The molecule has 8 nitrogen and oxygen atoms in total. The molecule has 2 N–H and O–H groups in total. The zero-order valence-corrected chi connectivity index (χ0v) is 15.9. The first kappa shape index (κ1) is 19.6. The lowest BCUT2D eigenvalue weighted by atomic mass is 10.1. The molecule has 2 aromatic heterocycles. The van der Waals surface area contributed by atoms with Gasteiger partial charge < -0.3 is 20.3 Å². The first-order chi connectivity index (χ1) is 13.7. The molecule has 1 fully saturated rings. The molecule has 3 rings (SSSR count). The molecule has 3 heterocycles. The number of pyridine rings is 2. The highest BCUT2D eigenvalue weighted by Gasteiger charge is 2.23. The van der Waals surface area contributed by atoms with Gasteiger partial charge in [0.15, 0.2) is 0 Å². The third kappa shape index (κ3) is 5.42. The van der Waals surface area contributed by atoms with E-state index in [4.69, 9.17) is 4.74 Å². The van der Waals surface area contributed by atoms with E-state index in [0.29, 0.717) is 31.9 Å². The van der Waals surface area contributed by atoms with Crippen LogP contribution in [0.3, 0.4) is 0 Å². The zero-order valence-electron chi connectivity index (χ0n) is 15.9. The third-order valence-corrected chi connectivity index (χ3v) is 4.54. The molecule has 0 radical (unpaired) electrons. The van der Waals surface area contributed by atoms with Crippen molar-refractivity contribution < 1.29 is 14.3 Å². The average molecular weight is 383 g/mol. The summed E-state index contributed by atoms with van der Waals surface area (Å²) in [6.45, 7) is 3.85. The topological polar surface area (TPSA) is 96.5 Å². The summed E-state index contributed by atoms with van der Waals surface area (Å²) in [5, 5.41) is 6.26. The summed E-state index contributed by atoms with van der Waals surface area (Å²) in [6.07, 6.45) is 4.70. The van der Waals surface area contributed by atoms with Gasteiger partial charge in [0.25, 0.3) is 5.91 Å². The number of hydrogen-bond acceptors (Lipinski definition) is 6. The van der Waals surface area contributed by atoms with E-state index in [-0.39, 0.29) is 18.0 Å². The van der Waals surface area contributed by atoms with Crippen LogP contribution < -0.4 is 10.6 Å². The van der Waals surface area contributed by atoms with Gasteiger partial charge in [-0.1, -0.05) is 6.07 Å². The van der Waals surface area contributed by atoms with Gasteiger partial charge in [-0.25, -0.2) is 4.79 Å². The SMILES string of the molecule is CCOC(=O)N1CCC(Nc2ccnc(C(=O)NCc3ccccn3)c2)CC1. The number of rotatable bonds is 6. The minimum absolute atomic E-state index is 0.234. The van der Waals surface area contributed by atoms with Crippen LogP contribution in [0.1, 0.15) is 35.9 Å². The van der Waals surface area contributed by atoms with Crippen LogP contribution in [0.5, 0.6) is 0 Å². The number of ether oxygens (including phenoxy) is 1. The van der Waals surface area contributed by atoms with E-state index < -0.39 is 0 Å². The first-order valence-electron chi connectivity index (χ1n) is 9.48. The highest BCUT2D eigenvalue weighted by molar-refractivity contribution is 5.93. The van der Waals surface area contributed by atoms with Gasteiger partial charge in [-0.3, -0.25) is 14.8 Å². The van der Waals surface area contributed by atoms with E-state index in [9.17, 15) is 9.59 Å². The Hall–Kier alpha value is -3.16. The Morgan fingerprint density at radius 1 is 1.18 bits per heavy atom. The first-order valence-corrected chi connectivity index (χ1v) is 9.48. The molecule has 1 aliphatic heterocycles. The summed E-state index contributed by atoms with van der Waals surface area (Å²) in [6, 6.07) is 9.38. The molecular weight excluding hydrogens is 358 g/mol. The Morgan fingerprint density at radius 3 is 2.71 bits per heavy atom. The van der Waals surface area contributed by atoms with Crippen molar-refractivity contribution in [2.24, 2.45) is 0 Å². The molecule has 2 aromatic rings. The van der Waals surface area contributed by atoms with Gasteiger partial charge in [-0.2, -0.15) is 0 Å². The summed E-state index contributed by atoms with van der Waals surface area (Å²) in [4.78, 5) is 34.2. The molecule has 2 amide bonds. The highest BCUT2D eigenvalue weighted by atomic mass is 16.6. The molecule has 0 bridgehead atoms. The van der Waals surface area contributed by atoms with Crippen LogP contribution in [0, 0.1) is 0 Å². The zero-order chi connectivity index (χ0) is 19.8. The van der Waals surface area contributed by atoms with Gasteiger partial charge in [0.1, 0.15) is 5.69 Å². The fourth-order valence-electron chi connectivity index (χ4n) is 3.07. The second-order valence-corrected chi connectivity index (χ2v) is 6.54. The van der Waals surface area contributed by atoms with E-state index in [2.05, 4.69) is 20.6 Å². The molecule has 0 atom stereocenters. The fraction of sp³-hybridized carbons (Fsp3) is 0.400. The molecule has 0 aromatic carbocycles. The molecule has 0 saturated carbocycles. The molecule has 1 aliphatic rings. The lowest BCUT2D eigenvalue weighted by Gasteiger charge is -2.32. The normalized spacial score (nSPS) is 14.4. The quantitative estimate of drug-likeness (QED) is 0.795. The number of nitrogens with one attached hydrogen (secondary N) is 2. The number of likely N-dealkylation sites (tertiary alicyclic amines) is 1. The van der Waals surface area contributed by atoms with Crippen LogP contribution >= 0.6 is 0 Å². The Balaban J connectivity index is 1.51. The third-order valence-electron chi connectivity index (χ3n) is 4.54. The van der Waals surface area contributed by atoms with Crippen molar-refractivity contribution in [3.63, 3.8) is 0 Å². The lowest BCUT2D eigenvalue weighted by Crippen LogP contribution is -2.42. The fourth-order valence-corrected chi connectivity index (χ4v) is 3.07. The number of nitrogens with zero attached hydrogens (tertiary/aromatic N) is 3. The number of anilines is 1. The average Bonchev–Trinajstić information content (AvgIpc) is 2.73. The smallest absolute Gasteiger partial charge is 0.409 e. The van der Waals surface area contributed by atoms with Crippen LogP contribution in [0.15, 0.2) is 42.7 Å². The Morgan fingerprint density at radius 2 is 2.00 bits per heavy atom. The number of amides is 2. The highest BCUT2D eigenvalue weighted by Crippen LogP contribution is 2.17. The minimum Gasteiger partial charge on any atom is -0.450 e. The van der Waals surface area contributed by atoms with Crippen molar-refractivity contribution in [1.29, 1.82) is 0 Å². The maximum absolute atomic E-state index is 12.4. The second-order valence-electron chi connectivity index (χ2n) is 6.54. The van der Waals surface area contributed by atoms with Crippen LogP contribution in [0.4, 0.5) is 10.5 Å². The van der Waals surface area contributed by atoms with Gasteiger partial charge in [0, 0.05) is 37.2 Å². The van der Waals surface area contributed by atoms with Crippen LogP contribution in [0.2, 0.25) is 0 Å². The van der Waals surface area contributed by atoms with Gasteiger partial charge in [0.05, 0.1) is 18.8 Å². The van der Waals surface area contributed by atoms with Crippen molar-refractivity contribution in [2.45, 2.75) is 32.4 Å². The number of aromatic nitrogens is 2. The number of piperidine rings is 1. The molecular formula is C20H25N5O3. The van der Waals surface area contributed by atoms with Gasteiger partial charge >= 0.3 is 6.09 Å². The van der Waals surface area contributed by atoms with Crippen molar-refractivity contribution in [3.05, 3.63) is 54.1 Å². The van der Waals surface area contributed by atoms with Crippen LogP contribution in [-0.2, 0) is 11.3 Å². The number of carbonyl (C=O) groups excluding carboxylic acids is 2. The molecule has 0 spiro atoms. The van der Waals surface area contributed by atoms with Crippen LogP contribution in [-0.4, -0.2) is 52.6 Å². The van der Waals surface area contributed by atoms with Crippen LogP contribution in [0.25, 0.3) is 0 Å². The molecule has 0 aliphatic carbocycles. The Bertz CT molecular complexity index is 791. The second kappa shape index (κ2) is 9.68. The van der Waals surface area contributed by atoms with E-state index in [1.165, 1.54) is 0 Å². The number of hydrogen-bond donors (Lipinski definition) is 2. The Labute approximate surface area is 164 Å². The Kier molecular flexibility index (Phi) is 6.78. The van der Waals surface area contributed by atoms with Crippen molar-refractivity contribution in [2.75, 3.05) is 25.0 Å².